The summed E-state index contributed by atoms with van der Waals surface area (Å²) in [5.41, 5.74) is 5.54. The molecule has 7 nitrogen and oxygen atoms in total. The highest BCUT2D eigenvalue weighted by Gasteiger charge is 2.11. The molecule has 0 radical (unpaired) electrons. The number of rotatable bonds is 16. The Hall–Kier alpha value is -4.00. The first-order valence-electron chi connectivity index (χ1n) is 14.6. The van der Waals surface area contributed by atoms with E-state index < -0.39 is 0 Å². The summed E-state index contributed by atoms with van der Waals surface area (Å²) in [5, 5.41) is 3.04. The van der Waals surface area contributed by atoms with Gasteiger partial charge >= 0.3 is 0 Å². The van der Waals surface area contributed by atoms with E-state index >= 15 is 0 Å². The number of amides is 1. The molecule has 0 saturated heterocycles. The Morgan fingerprint density at radius 1 is 0.854 bits per heavy atom. The number of benzene rings is 3. The van der Waals surface area contributed by atoms with Gasteiger partial charge in [-0.05, 0) is 86.6 Å². The van der Waals surface area contributed by atoms with Gasteiger partial charge in [0.2, 0.25) is 5.91 Å². The molecule has 41 heavy (non-hydrogen) atoms. The fraction of sp³-hybridized carbons (Fsp3) is 0.412. The van der Waals surface area contributed by atoms with Gasteiger partial charge in [0.15, 0.2) is 11.5 Å². The molecule has 4 aromatic rings. The smallest absolute Gasteiger partial charge is 0.224 e. The second-order valence-electron chi connectivity index (χ2n) is 10.5. The van der Waals surface area contributed by atoms with E-state index in [0.717, 1.165) is 67.7 Å². The Morgan fingerprint density at radius 3 is 2.51 bits per heavy atom. The fourth-order valence-electron chi connectivity index (χ4n) is 5.03. The summed E-state index contributed by atoms with van der Waals surface area (Å²) in [5.74, 6) is 3.43. The zero-order chi connectivity index (χ0) is 29.0. The third kappa shape index (κ3) is 8.49. The summed E-state index contributed by atoms with van der Waals surface area (Å²) < 4.78 is 19.0. The second kappa shape index (κ2) is 15.1. The van der Waals surface area contributed by atoms with E-state index in [1.807, 2.05) is 24.3 Å². The number of aromatic nitrogens is 2. The number of hydrogen-bond acceptors (Lipinski definition) is 5. The fourth-order valence-corrected chi connectivity index (χ4v) is 5.03. The van der Waals surface area contributed by atoms with Crippen LogP contribution in [-0.2, 0) is 24.2 Å². The number of carbonyl (C=O) groups excluding carboxylic acids is 1. The number of nitrogens with zero attached hydrogens (tertiary/aromatic N) is 2. The second-order valence-corrected chi connectivity index (χ2v) is 10.5. The number of unbranched alkanes of at least 4 members (excludes halogenated alkanes) is 3. The van der Waals surface area contributed by atoms with E-state index in [-0.39, 0.29) is 5.91 Å². The number of ether oxygens (including phenoxy) is 3. The monoisotopic (exact) mass is 557 g/mol. The highest BCUT2D eigenvalue weighted by molar-refractivity contribution is 5.78. The first kappa shape index (κ1) is 30.0. The minimum absolute atomic E-state index is 0.0144. The van der Waals surface area contributed by atoms with Gasteiger partial charge in [0.05, 0.1) is 38.3 Å². The SMILES string of the molecule is COc1ccc(CC(=O)NCCCCCc2nc3ccccc3n2CCCCOc2cc(C)ccc2C)cc1OC. The van der Waals surface area contributed by atoms with Crippen molar-refractivity contribution >= 4 is 16.9 Å². The molecule has 1 amide bonds. The lowest BCUT2D eigenvalue weighted by molar-refractivity contribution is -0.120. The number of fused-ring (bicyclic) bond motifs is 1. The van der Waals surface area contributed by atoms with Crippen molar-refractivity contribution in [1.82, 2.24) is 14.9 Å². The first-order chi connectivity index (χ1) is 20.0. The summed E-state index contributed by atoms with van der Waals surface area (Å²) >= 11 is 0. The van der Waals surface area contributed by atoms with E-state index in [1.165, 1.54) is 16.6 Å². The predicted molar refractivity (Wildman–Crippen MR) is 164 cm³/mol. The number of hydrogen-bond donors (Lipinski definition) is 1. The van der Waals surface area contributed by atoms with Crippen LogP contribution in [0.3, 0.4) is 0 Å². The van der Waals surface area contributed by atoms with E-state index in [0.29, 0.717) is 31.1 Å². The van der Waals surface area contributed by atoms with Crippen LogP contribution in [0.5, 0.6) is 17.2 Å². The van der Waals surface area contributed by atoms with Gasteiger partial charge in [-0.1, -0.05) is 36.8 Å². The van der Waals surface area contributed by atoms with Crippen LogP contribution < -0.4 is 19.5 Å². The normalized spacial score (nSPS) is 11.0. The van der Waals surface area contributed by atoms with E-state index in [4.69, 9.17) is 19.2 Å². The van der Waals surface area contributed by atoms with Gasteiger partial charge in [-0.25, -0.2) is 4.98 Å². The van der Waals surface area contributed by atoms with Crippen LogP contribution in [0.1, 0.15) is 54.6 Å². The molecule has 1 aromatic heterocycles. The van der Waals surface area contributed by atoms with E-state index in [1.54, 1.807) is 14.2 Å². The Balaban J connectivity index is 1.19. The lowest BCUT2D eigenvalue weighted by Gasteiger charge is -2.12. The van der Waals surface area contributed by atoms with Gasteiger partial charge < -0.3 is 24.1 Å². The number of carbonyl (C=O) groups is 1. The third-order valence-corrected chi connectivity index (χ3v) is 7.32. The van der Waals surface area contributed by atoms with Crippen LogP contribution >= 0.6 is 0 Å². The third-order valence-electron chi connectivity index (χ3n) is 7.32. The van der Waals surface area contributed by atoms with Crippen LogP contribution in [-0.4, -0.2) is 42.8 Å². The van der Waals surface area contributed by atoms with Gasteiger partial charge in [0.1, 0.15) is 11.6 Å². The van der Waals surface area contributed by atoms with Crippen molar-refractivity contribution in [3.63, 3.8) is 0 Å². The average molecular weight is 558 g/mol. The summed E-state index contributed by atoms with van der Waals surface area (Å²) in [7, 11) is 3.20. The molecular formula is C34H43N3O4. The van der Waals surface area contributed by atoms with Crippen LogP contribution in [0.2, 0.25) is 0 Å². The molecule has 0 saturated carbocycles. The molecule has 0 fully saturated rings. The topological polar surface area (TPSA) is 74.6 Å². The van der Waals surface area contributed by atoms with Crippen LogP contribution in [0.4, 0.5) is 0 Å². The first-order valence-corrected chi connectivity index (χ1v) is 14.6. The maximum Gasteiger partial charge on any atom is 0.224 e. The minimum Gasteiger partial charge on any atom is -0.493 e. The van der Waals surface area contributed by atoms with Crippen molar-refractivity contribution in [1.29, 1.82) is 0 Å². The zero-order valence-corrected chi connectivity index (χ0v) is 24.9. The number of nitrogens with one attached hydrogen (secondary N) is 1. The molecule has 0 aliphatic rings. The minimum atomic E-state index is 0.0144. The molecular weight excluding hydrogens is 514 g/mol. The quantitative estimate of drug-likeness (QED) is 0.157. The Bertz CT molecular complexity index is 1430. The molecule has 1 heterocycles. The summed E-state index contributed by atoms with van der Waals surface area (Å²) in [4.78, 5) is 17.4. The van der Waals surface area contributed by atoms with Crippen LogP contribution in [0.15, 0.2) is 60.7 Å². The Morgan fingerprint density at radius 2 is 1.68 bits per heavy atom. The van der Waals surface area contributed by atoms with Gasteiger partial charge in [0, 0.05) is 19.5 Å². The van der Waals surface area contributed by atoms with Crippen molar-refractivity contribution in [2.75, 3.05) is 27.4 Å². The summed E-state index contributed by atoms with van der Waals surface area (Å²) in [6.45, 7) is 6.49. The average Bonchev–Trinajstić information content (AvgIpc) is 3.33. The highest BCUT2D eigenvalue weighted by atomic mass is 16.5. The molecule has 0 bridgehead atoms. The maximum absolute atomic E-state index is 12.4. The van der Waals surface area contributed by atoms with Crippen LogP contribution in [0, 0.1) is 13.8 Å². The molecule has 0 atom stereocenters. The standard InChI is InChI=1S/C34H43N3O4/c1-25-15-16-26(2)31(22-25)41-21-11-10-20-37-29-13-8-7-12-28(29)36-33(37)14-6-5-9-19-35-34(38)24-27-17-18-30(39-3)32(23-27)40-4/h7-8,12-13,15-18,22-23H,5-6,9-11,14,19-21,24H2,1-4H3,(H,35,38). The van der Waals surface area contributed by atoms with Crippen molar-refractivity contribution in [3.8, 4) is 17.2 Å². The number of methoxy groups -OCH3 is 2. The summed E-state index contributed by atoms with van der Waals surface area (Å²) in [6, 6.07) is 20.3. The highest BCUT2D eigenvalue weighted by Crippen LogP contribution is 2.27. The van der Waals surface area contributed by atoms with E-state index in [2.05, 4.69) is 60.1 Å². The Labute approximate surface area is 243 Å². The molecule has 4 rings (SSSR count). The van der Waals surface area contributed by atoms with Crippen molar-refractivity contribution < 1.29 is 19.0 Å². The molecule has 0 spiro atoms. The van der Waals surface area contributed by atoms with Gasteiger partial charge in [0.25, 0.3) is 0 Å². The molecule has 0 unspecified atom stereocenters. The van der Waals surface area contributed by atoms with Crippen molar-refractivity contribution in [2.45, 2.75) is 65.3 Å². The van der Waals surface area contributed by atoms with Gasteiger partial charge in [-0.2, -0.15) is 0 Å². The van der Waals surface area contributed by atoms with Gasteiger partial charge in [-0.15, -0.1) is 0 Å². The lowest BCUT2D eigenvalue weighted by Crippen LogP contribution is -2.26. The number of imidazole rings is 1. The molecule has 7 heteroatoms. The zero-order valence-electron chi connectivity index (χ0n) is 24.9. The van der Waals surface area contributed by atoms with E-state index in [9.17, 15) is 4.79 Å². The predicted octanol–water partition coefficient (Wildman–Crippen LogP) is 6.60. The molecule has 0 aliphatic carbocycles. The number of para-hydroxylation sites is 2. The van der Waals surface area contributed by atoms with Crippen molar-refractivity contribution in [3.05, 3.63) is 83.2 Å². The lowest BCUT2D eigenvalue weighted by atomic mass is 10.1. The van der Waals surface area contributed by atoms with Gasteiger partial charge in [-0.3, -0.25) is 4.79 Å². The molecule has 0 aliphatic heterocycles. The molecule has 3 aromatic carbocycles. The summed E-state index contributed by atoms with van der Waals surface area (Å²) in [6.07, 6.45) is 6.27. The largest absolute Gasteiger partial charge is 0.493 e. The molecule has 218 valence electrons. The van der Waals surface area contributed by atoms with Crippen LogP contribution in [0.25, 0.3) is 11.0 Å². The molecule has 1 N–H and O–H groups in total. The maximum atomic E-state index is 12.4. The Kier molecular flexibility index (Phi) is 11.1. The number of aryl methyl sites for hydroxylation is 4. The van der Waals surface area contributed by atoms with Crippen molar-refractivity contribution in [2.24, 2.45) is 0 Å².